The predicted octanol–water partition coefficient (Wildman–Crippen LogP) is 3.16. The highest BCUT2D eigenvalue weighted by atomic mass is 35.5. The Morgan fingerprint density at radius 1 is 0.947 bits per heavy atom. The van der Waals surface area contributed by atoms with Crippen molar-refractivity contribution in [2.75, 3.05) is 12.4 Å². The Hall–Kier alpha value is -2.13. The van der Waals surface area contributed by atoms with Crippen LogP contribution in [0.3, 0.4) is 0 Å². The van der Waals surface area contributed by atoms with Crippen LogP contribution in [-0.2, 0) is 0 Å². The average molecular weight is 272 g/mol. The molecule has 0 atom stereocenters. The first-order valence-electron chi connectivity index (χ1n) is 5.83. The van der Waals surface area contributed by atoms with Gasteiger partial charge in [0.05, 0.1) is 5.56 Å². The third kappa shape index (κ3) is 1.66. The maximum Gasteiger partial charge on any atom is 0.196 e. The second-order valence-electron chi connectivity index (χ2n) is 4.33. The minimum atomic E-state index is -0.163. The SMILES string of the molecule is CNc1cccc2c1C(=O)c1ccc(Cl)cc1C2=O. The molecule has 0 aromatic heterocycles. The number of benzene rings is 2. The van der Waals surface area contributed by atoms with Gasteiger partial charge in [-0.15, -0.1) is 0 Å². The zero-order valence-electron chi connectivity index (χ0n) is 10.2. The first kappa shape index (κ1) is 11.9. The quantitative estimate of drug-likeness (QED) is 0.739. The Balaban J connectivity index is 2.32. The molecule has 0 radical (unpaired) electrons. The van der Waals surface area contributed by atoms with E-state index in [4.69, 9.17) is 11.6 Å². The number of nitrogens with one attached hydrogen (secondary N) is 1. The summed E-state index contributed by atoms with van der Waals surface area (Å²) in [6.45, 7) is 0. The molecule has 1 aliphatic carbocycles. The highest BCUT2D eigenvalue weighted by Crippen LogP contribution is 2.32. The van der Waals surface area contributed by atoms with E-state index in [-0.39, 0.29) is 11.6 Å². The Bertz CT molecular complexity index is 722. The van der Waals surface area contributed by atoms with E-state index >= 15 is 0 Å². The molecule has 0 aliphatic heterocycles. The summed E-state index contributed by atoms with van der Waals surface area (Å²) >= 11 is 5.90. The molecule has 0 heterocycles. The van der Waals surface area contributed by atoms with E-state index < -0.39 is 0 Å². The molecule has 1 aliphatic rings. The Labute approximate surface area is 115 Å². The van der Waals surface area contributed by atoms with E-state index in [0.717, 1.165) is 0 Å². The predicted molar refractivity (Wildman–Crippen MR) is 74.3 cm³/mol. The van der Waals surface area contributed by atoms with E-state index in [2.05, 4.69) is 5.32 Å². The van der Waals surface area contributed by atoms with Crippen molar-refractivity contribution in [2.45, 2.75) is 0 Å². The lowest BCUT2D eigenvalue weighted by atomic mass is 9.83. The Kier molecular flexibility index (Phi) is 2.64. The molecular weight excluding hydrogens is 262 g/mol. The summed E-state index contributed by atoms with van der Waals surface area (Å²) in [6, 6.07) is 9.98. The van der Waals surface area contributed by atoms with Crippen LogP contribution >= 0.6 is 11.6 Å². The van der Waals surface area contributed by atoms with Crippen molar-refractivity contribution < 1.29 is 9.59 Å². The van der Waals surface area contributed by atoms with Crippen LogP contribution in [0.2, 0.25) is 5.02 Å². The third-order valence-corrected chi connectivity index (χ3v) is 3.51. The molecule has 1 N–H and O–H groups in total. The molecule has 19 heavy (non-hydrogen) atoms. The van der Waals surface area contributed by atoms with Crippen molar-refractivity contribution in [2.24, 2.45) is 0 Å². The molecule has 94 valence electrons. The summed E-state index contributed by atoms with van der Waals surface area (Å²) in [6.07, 6.45) is 0. The smallest absolute Gasteiger partial charge is 0.196 e. The van der Waals surface area contributed by atoms with Crippen LogP contribution in [0.15, 0.2) is 36.4 Å². The van der Waals surface area contributed by atoms with Crippen molar-refractivity contribution in [1.82, 2.24) is 0 Å². The molecule has 0 saturated carbocycles. The molecule has 0 spiro atoms. The number of rotatable bonds is 1. The first-order valence-corrected chi connectivity index (χ1v) is 6.21. The average Bonchev–Trinajstić information content (AvgIpc) is 2.43. The van der Waals surface area contributed by atoms with Gasteiger partial charge in [0.25, 0.3) is 0 Å². The van der Waals surface area contributed by atoms with Gasteiger partial charge in [-0.2, -0.15) is 0 Å². The van der Waals surface area contributed by atoms with E-state index in [0.29, 0.717) is 33.0 Å². The zero-order valence-corrected chi connectivity index (χ0v) is 10.9. The molecular formula is C15H10ClNO2. The minimum absolute atomic E-state index is 0.147. The fraction of sp³-hybridized carbons (Fsp3) is 0.0667. The van der Waals surface area contributed by atoms with Crippen molar-refractivity contribution in [3.05, 3.63) is 63.7 Å². The van der Waals surface area contributed by atoms with Crippen LogP contribution in [0, 0.1) is 0 Å². The summed E-state index contributed by atoms with van der Waals surface area (Å²) in [5.74, 6) is -0.310. The van der Waals surface area contributed by atoms with Gasteiger partial charge in [-0.25, -0.2) is 0 Å². The molecule has 0 unspecified atom stereocenters. The fourth-order valence-electron chi connectivity index (χ4n) is 2.38. The molecule has 3 rings (SSSR count). The lowest BCUT2D eigenvalue weighted by Gasteiger charge is -2.20. The monoisotopic (exact) mass is 271 g/mol. The standard InChI is InChI=1S/C15H10ClNO2/c1-17-12-4-2-3-10-13(12)15(19)9-6-5-8(16)7-11(9)14(10)18/h2-7,17H,1H3. The molecule has 2 aromatic carbocycles. The third-order valence-electron chi connectivity index (χ3n) is 3.28. The van der Waals surface area contributed by atoms with Gasteiger partial charge in [0.2, 0.25) is 0 Å². The van der Waals surface area contributed by atoms with Gasteiger partial charge in [-0.1, -0.05) is 23.7 Å². The van der Waals surface area contributed by atoms with E-state index in [1.165, 1.54) is 0 Å². The fourth-order valence-corrected chi connectivity index (χ4v) is 2.55. The van der Waals surface area contributed by atoms with Crippen molar-refractivity contribution in [3.8, 4) is 0 Å². The van der Waals surface area contributed by atoms with E-state index in [9.17, 15) is 9.59 Å². The molecule has 0 fully saturated rings. The summed E-state index contributed by atoms with van der Waals surface area (Å²) < 4.78 is 0. The Morgan fingerprint density at radius 2 is 1.74 bits per heavy atom. The number of fused-ring (bicyclic) bond motifs is 2. The van der Waals surface area contributed by atoms with Gasteiger partial charge in [-0.3, -0.25) is 9.59 Å². The van der Waals surface area contributed by atoms with Crippen molar-refractivity contribution in [3.63, 3.8) is 0 Å². The van der Waals surface area contributed by atoms with E-state index in [1.54, 1.807) is 43.4 Å². The van der Waals surface area contributed by atoms with Gasteiger partial charge < -0.3 is 5.32 Å². The number of halogens is 1. The Morgan fingerprint density at radius 3 is 2.47 bits per heavy atom. The molecule has 2 aromatic rings. The number of hydrogen-bond acceptors (Lipinski definition) is 3. The van der Waals surface area contributed by atoms with Gasteiger partial charge in [-0.05, 0) is 24.3 Å². The van der Waals surface area contributed by atoms with Gasteiger partial charge >= 0.3 is 0 Å². The number of hydrogen-bond donors (Lipinski definition) is 1. The van der Waals surface area contributed by atoms with Crippen LogP contribution in [-0.4, -0.2) is 18.6 Å². The lowest BCUT2D eigenvalue weighted by Crippen LogP contribution is -2.22. The second-order valence-corrected chi connectivity index (χ2v) is 4.76. The zero-order chi connectivity index (χ0) is 13.6. The topological polar surface area (TPSA) is 46.2 Å². The summed E-state index contributed by atoms with van der Waals surface area (Å²) in [7, 11) is 1.73. The molecule has 0 bridgehead atoms. The first-order chi connectivity index (χ1) is 9.13. The normalized spacial score (nSPS) is 12.9. The lowest BCUT2D eigenvalue weighted by molar-refractivity contribution is 0.0979. The number of carbonyl (C=O) groups is 2. The van der Waals surface area contributed by atoms with Crippen LogP contribution < -0.4 is 5.32 Å². The van der Waals surface area contributed by atoms with Crippen LogP contribution in [0.25, 0.3) is 0 Å². The molecule has 4 heteroatoms. The molecule has 0 saturated heterocycles. The van der Waals surface area contributed by atoms with E-state index in [1.807, 2.05) is 0 Å². The van der Waals surface area contributed by atoms with Crippen LogP contribution in [0.5, 0.6) is 0 Å². The van der Waals surface area contributed by atoms with Crippen molar-refractivity contribution >= 4 is 28.9 Å². The highest BCUT2D eigenvalue weighted by Gasteiger charge is 2.31. The summed E-state index contributed by atoms with van der Waals surface area (Å²) in [5, 5.41) is 3.40. The molecule has 3 nitrogen and oxygen atoms in total. The minimum Gasteiger partial charge on any atom is -0.388 e. The second kappa shape index (κ2) is 4.21. The highest BCUT2D eigenvalue weighted by molar-refractivity contribution is 6.34. The number of ketones is 2. The largest absolute Gasteiger partial charge is 0.388 e. The maximum absolute atomic E-state index is 12.5. The van der Waals surface area contributed by atoms with Crippen LogP contribution in [0.4, 0.5) is 5.69 Å². The van der Waals surface area contributed by atoms with Crippen LogP contribution in [0.1, 0.15) is 31.8 Å². The number of anilines is 1. The van der Waals surface area contributed by atoms with Gasteiger partial charge in [0.15, 0.2) is 11.6 Å². The van der Waals surface area contributed by atoms with Crippen molar-refractivity contribution in [1.29, 1.82) is 0 Å². The summed E-state index contributed by atoms with van der Waals surface area (Å²) in [5.41, 5.74) is 2.30. The van der Waals surface area contributed by atoms with Gasteiger partial charge in [0.1, 0.15) is 0 Å². The summed E-state index contributed by atoms with van der Waals surface area (Å²) in [4.78, 5) is 24.9. The van der Waals surface area contributed by atoms with Gasteiger partial charge in [0, 0.05) is 34.4 Å². The number of carbonyl (C=O) groups excluding carboxylic acids is 2. The molecule has 0 amide bonds. The maximum atomic E-state index is 12.5.